The van der Waals surface area contributed by atoms with Crippen molar-refractivity contribution < 1.29 is 0 Å². The van der Waals surface area contributed by atoms with Crippen LogP contribution in [0, 0.1) is 6.92 Å². The van der Waals surface area contributed by atoms with Crippen molar-refractivity contribution in [3.8, 4) is 62.1 Å². The summed E-state index contributed by atoms with van der Waals surface area (Å²) in [7, 11) is 0. The number of fused-ring (bicyclic) bond motifs is 7. The summed E-state index contributed by atoms with van der Waals surface area (Å²) in [4.78, 5) is 20.7. The van der Waals surface area contributed by atoms with Crippen LogP contribution >= 0.6 is 0 Å². The molecule has 360 valence electrons. The predicted molar refractivity (Wildman–Crippen MR) is 320 cm³/mol. The van der Waals surface area contributed by atoms with Gasteiger partial charge in [0.2, 0.25) is 0 Å². The Balaban J connectivity index is 0.914. The van der Waals surface area contributed by atoms with Gasteiger partial charge >= 0.3 is 0 Å². The van der Waals surface area contributed by atoms with Crippen molar-refractivity contribution in [3.63, 3.8) is 0 Å². The molecule has 11 aromatic carbocycles. The zero-order valence-corrected chi connectivity index (χ0v) is 42.2. The number of rotatable bonds is 8. The Labute approximate surface area is 447 Å². The molecule has 0 fully saturated rings. The number of aromatic nitrogens is 4. The third-order valence-corrected chi connectivity index (χ3v) is 15.5. The average molecular weight is 983 g/mol. The van der Waals surface area contributed by atoms with Gasteiger partial charge in [-0.2, -0.15) is 0 Å². The van der Waals surface area contributed by atoms with Crippen LogP contribution in [0.3, 0.4) is 0 Å². The van der Waals surface area contributed by atoms with E-state index in [9.17, 15) is 0 Å². The van der Waals surface area contributed by atoms with Crippen LogP contribution in [0.5, 0.6) is 0 Å². The van der Waals surface area contributed by atoms with E-state index in [4.69, 9.17) is 15.0 Å². The van der Waals surface area contributed by atoms with Gasteiger partial charge < -0.3 is 14.4 Å². The number of nitrogens with zero attached hydrogens (tertiary/aromatic N) is 6. The quantitative estimate of drug-likeness (QED) is 0.142. The summed E-state index contributed by atoms with van der Waals surface area (Å²) in [5.74, 6) is 1.83. The van der Waals surface area contributed by atoms with E-state index in [1.807, 2.05) is 36.4 Å². The van der Waals surface area contributed by atoms with Crippen LogP contribution in [0.25, 0.3) is 83.9 Å². The topological polar surface area (TPSA) is 50.1 Å². The van der Waals surface area contributed by atoms with E-state index in [-0.39, 0.29) is 6.71 Å². The SMILES string of the molecule is Cc1ccc2c(c1)c1ccccc1n2-c1c(-c2cccc(-c3cccc(N4c5ccccc5B5c6ccccc6N(c6ccccc6)c6cccc4c65)c3)c2)cccc1-c1nc(-c2ccccc2)nc(-c2ccccc2)n1. The Bertz CT molecular complexity index is 4380. The highest BCUT2D eigenvalue weighted by atomic mass is 15.2. The maximum atomic E-state index is 5.34. The van der Waals surface area contributed by atoms with E-state index in [0.29, 0.717) is 17.5 Å². The van der Waals surface area contributed by atoms with Gasteiger partial charge in [-0.05, 0) is 119 Å². The lowest BCUT2D eigenvalue weighted by Gasteiger charge is -2.44. The van der Waals surface area contributed by atoms with E-state index in [0.717, 1.165) is 67.0 Å². The van der Waals surface area contributed by atoms with Crippen LogP contribution in [-0.4, -0.2) is 26.2 Å². The highest BCUT2D eigenvalue weighted by Gasteiger charge is 2.42. The second kappa shape index (κ2) is 18.1. The van der Waals surface area contributed by atoms with Gasteiger partial charge in [-0.15, -0.1) is 0 Å². The van der Waals surface area contributed by atoms with Crippen molar-refractivity contribution in [3.05, 3.63) is 272 Å². The van der Waals surface area contributed by atoms with E-state index < -0.39 is 0 Å². The second-order valence-corrected chi connectivity index (χ2v) is 20.0. The molecule has 2 aliphatic rings. The summed E-state index contributed by atoms with van der Waals surface area (Å²) in [6, 6.07) is 96.0. The molecule has 0 saturated carbocycles. The molecular weight excluding hydrogens is 936 g/mol. The summed E-state index contributed by atoms with van der Waals surface area (Å²) < 4.78 is 2.43. The molecule has 4 heterocycles. The molecule has 2 aliphatic heterocycles. The first-order chi connectivity index (χ1) is 38.1. The van der Waals surface area contributed by atoms with Gasteiger partial charge in [-0.25, -0.2) is 15.0 Å². The second-order valence-electron chi connectivity index (χ2n) is 20.0. The molecule has 0 N–H and O–H groups in total. The number of anilines is 6. The Morgan fingerprint density at radius 2 is 0.805 bits per heavy atom. The van der Waals surface area contributed by atoms with Gasteiger partial charge in [0.25, 0.3) is 6.71 Å². The van der Waals surface area contributed by atoms with Gasteiger partial charge in [0.05, 0.1) is 16.7 Å². The molecule has 0 unspecified atom stereocenters. The number of hydrogen-bond acceptors (Lipinski definition) is 5. The fourth-order valence-corrected chi connectivity index (χ4v) is 12.1. The van der Waals surface area contributed by atoms with Crippen molar-refractivity contribution in [2.24, 2.45) is 0 Å². The van der Waals surface area contributed by atoms with Crippen molar-refractivity contribution in [1.82, 2.24) is 19.5 Å². The molecule has 0 atom stereocenters. The molecular formula is C70H47BN6. The van der Waals surface area contributed by atoms with Gasteiger partial charge in [0, 0.05) is 67.2 Å². The minimum absolute atomic E-state index is 0.0700. The zero-order chi connectivity index (χ0) is 51.0. The number of aryl methyl sites for hydroxylation is 1. The summed E-state index contributed by atoms with van der Waals surface area (Å²) in [6.45, 7) is 2.24. The van der Waals surface area contributed by atoms with Crippen LogP contribution < -0.4 is 26.2 Å². The molecule has 6 nitrogen and oxygen atoms in total. The van der Waals surface area contributed by atoms with Gasteiger partial charge in [-0.3, -0.25) is 0 Å². The summed E-state index contributed by atoms with van der Waals surface area (Å²) in [6.07, 6.45) is 0. The first kappa shape index (κ1) is 44.4. The van der Waals surface area contributed by atoms with Crippen molar-refractivity contribution >= 4 is 79.0 Å². The molecule has 0 saturated heterocycles. The molecule has 0 amide bonds. The van der Waals surface area contributed by atoms with E-state index in [1.165, 1.54) is 55.5 Å². The molecule has 77 heavy (non-hydrogen) atoms. The molecule has 0 radical (unpaired) electrons. The molecule has 15 rings (SSSR count). The van der Waals surface area contributed by atoms with Gasteiger partial charge in [0.15, 0.2) is 17.5 Å². The van der Waals surface area contributed by atoms with Crippen LogP contribution in [0.2, 0.25) is 0 Å². The van der Waals surface area contributed by atoms with E-state index in [2.05, 4.69) is 252 Å². The highest BCUT2D eigenvalue weighted by molar-refractivity contribution is 7.00. The smallest absolute Gasteiger partial charge is 0.252 e. The van der Waals surface area contributed by atoms with E-state index in [1.54, 1.807) is 0 Å². The maximum absolute atomic E-state index is 5.34. The summed E-state index contributed by atoms with van der Waals surface area (Å²) in [5.41, 5.74) is 22.4. The Morgan fingerprint density at radius 3 is 1.51 bits per heavy atom. The van der Waals surface area contributed by atoms with Crippen LogP contribution in [0.1, 0.15) is 5.56 Å². The predicted octanol–water partition coefficient (Wildman–Crippen LogP) is 15.7. The highest BCUT2D eigenvalue weighted by Crippen LogP contribution is 2.46. The first-order valence-corrected chi connectivity index (χ1v) is 26.3. The van der Waals surface area contributed by atoms with Crippen molar-refractivity contribution in [1.29, 1.82) is 0 Å². The Hall–Kier alpha value is -10.1. The molecule has 0 aliphatic carbocycles. The minimum atomic E-state index is 0.0700. The van der Waals surface area contributed by atoms with Crippen molar-refractivity contribution in [2.75, 3.05) is 9.80 Å². The van der Waals surface area contributed by atoms with Crippen LogP contribution in [0.4, 0.5) is 34.1 Å². The fourth-order valence-electron chi connectivity index (χ4n) is 12.1. The van der Waals surface area contributed by atoms with Gasteiger partial charge in [-0.1, -0.05) is 194 Å². The lowest BCUT2D eigenvalue weighted by Crippen LogP contribution is -2.61. The fraction of sp³-hybridized carbons (Fsp3) is 0.0143. The molecule has 2 aromatic heterocycles. The van der Waals surface area contributed by atoms with Gasteiger partial charge in [0.1, 0.15) is 0 Å². The number of benzene rings is 11. The third kappa shape index (κ3) is 7.31. The minimum Gasteiger partial charge on any atom is -0.311 e. The van der Waals surface area contributed by atoms with Crippen LogP contribution in [0.15, 0.2) is 267 Å². The standard InChI is InChI=1S/C70H47BN6/c1-46-41-42-61-57(43-46)55-31-11-14-36-60(55)77(61)67-54(32-19-33-56(67)70-73-68(47-21-5-2-6-22-47)72-69(74-70)48-23-7-3-8-24-48)51-27-17-25-49(44-51)50-26-18-30-53(45-50)76-63-38-16-13-35-59(63)71-58-34-12-15-37-62(58)75(52-28-9-4-10-29-52)64-39-20-40-65(76)66(64)71/h2-45H,1H3. The van der Waals surface area contributed by atoms with Crippen molar-refractivity contribution in [2.45, 2.75) is 6.92 Å². The lowest BCUT2D eigenvalue weighted by molar-refractivity contribution is 1.06. The molecule has 7 heteroatoms. The number of para-hydroxylation sites is 5. The maximum Gasteiger partial charge on any atom is 0.252 e. The average Bonchev–Trinajstić information content (AvgIpc) is 3.89. The summed E-state index contributed by atoms with van der Waals surface area (Å²) in [5, 5.41) is 2.38. The number of hydrogen-bond donors (Lipinski definition) is 0. The summed E-state index contributed by atoms with van der Waals surface area (Å²) >= 11 is 0. The lowest BCUT2D eigenvalue weighted by atomic mass is 9.33. The third-order valence-electron chi connectivity index (χ3n) is 15.5. The normalized spacial score (nSPS) is 12.4. The first-order valence-electron chi connectivity index (χ1n) is 26.3. The zero-order valence-electron chi connectivity index (χ0n) is 42.2. The Morgan fingerprint density at radius 1 is 0.325 bits per heavy atom. The molecule has 0 spiro atoms. The Kier molecular flexibility index (Phi) is 10.4. The largest absolute Gasteiger partial charge is 0.311 e. The molecule has 13 aromatic rings. The van der Waals surface area contributed by atoms with E-state index >= 15 is 0 Å². The molecule has 0 bridgehead atoms. The monoisotopic (exact) mass is 982 g/mol. The van der Waals surface area contributed by atoms with Crippen LogP contribution in [-0.2, 0) is 0 Å².